The van der Waals surface area contributed by atoms with Crippen molar-refractivity contribution in [2.75, 3.05) is 0 Å². The highest BCUT2D eigenvalue weighted by Crippen LogP contribution is 2.25. The van der Waals surface area contributed by atoms with Crippen LogP contribution in [-0.4, -0.2) is 5.78 Å². The normalized spacial score (nSPS) is 10.1. The van der Waals surface area contributed by atoms with Gasteiger partial charge in [-0.3, -0.25) is 4.79 Å². The van der Waals surface area contributed by atoms with Gasteiger partial charge >= 0.3 is 0 Å². The molecule has 0 saturated heterocycles. The molecule has 100 valence electrons. The fourth-order valence-electron chi connectivity index (χ4n) is 1.70. The van der Waals surface area contributed by atoms with Gasteiger partial charge in [-0.05, 0) is 36.8 Å². The van der Waals surface area contributed by atoms with E-state index in [-0.39, 0.29) is 11.6 Å². The van der Waals surface area contributed by atoms with Gasteiger partial charge in [0.15, 0.2) is 5.78 Å². The zero-order valence-corrected chi connectivity index (χ0v) is 11.7. The van der Waals surface area contributed by atoms with E-state index < -0.39 is 0 Å². The van der Waals surface area contributed by atoms with Crippen LogP contribution in [0.15, 0.2) is 47.4 Å². The summed E-state index contributed by atoms with van der Waals surface area (Å²) in [6.45, 7) is 1.52. The summed E-state index contributed by atoms with van der Waals surface area (Å²) in [5.74, 6) is 0.0927. The number of halogens is 1. The summed E-state index contributed by atoms with van der Waals surface area (Å²) in [5, 5.41) is 8.69. The Morgan fingerprint density at radius 2 is 2.10 bits per heavy atom. The van der Waals surface area contributed by atoms with Crippen molar-refractivity contribution < 1.29 is 9.18 Å². The fourth-order valence-corrected chi connectivity index (χ4v) is 2.64. The molecule has 0 saturated carbocycles. The maximum absolute atomic E-state index is 13.7. The van der Waals surface area contributed by atoms with Crippen LogP contribution < -0.4 is 0 Å². The van der Waals surface area contributed by atoms with E-state index in [0.717, 1.165) is 4.90 Å². The van der Waals surface area contributed by atoms with Crippen molar-refractivity contribution in [3.05, 3.63) is 65.0 Å². The van der Waals surface area contributed by atoms with E-state index in [2.05, 4.69) is 0 Å². The van der Waals surface area contributed by atoms with E-state index in [1.54, 1.807) is 24.3 Å². The number of carbonyl (C=O) groups excluding carboxylic acids is 1. The van der Waals surface area contributed by atoms with Gasteiger partial charge in [-0.1, -0.05) is 18.2 Å². The Hall–Kier alpha value is -2.12. The van der Waals surface area contributed by atoms with Gasteiger partial charge in [0.2, 0.25) is 0 Å². The standard InChI is InChI=1S/C16H12FNOS/c1-11(19)13-3-2-4-15(8-13)20-10-14-6-5-12(9-18)7-16(14)17/h2-8H,10H2,1H3. The molecule has 0 aliphatic heterocycles. The molecule has 0 fully saturated rings. The van der Waals surface area contributed by atoms with Crippen LogP contribution >= 0.6 is 11.8 Å². The highest BCUT2D eigenvalue weighted by Gasteiger charge is 2.06. The van der Waals surface area contributed by atoms with E-state index in [9.17, 15) is 9.18 Å². The van der Waals surface area contributed by atoms with E-state index in [0.29, 0.717) is 22.4 Å². The molecule has 2 aromatic rings. The minimum atomic E-state index is -0.376. The Kier molecular flexibility index (Phi) is 4.54. The minimum absolute atomic E-state index is 0.0111. The lowest BCUT2D eigenvalue weighted by Crippen LogP contribution is -1.92. The Bertz CT molecular complexity index is 691. The Morgan fingerprint density at radius 1 is 1.30 bits per heavy atom. The number of benzene rings is 2. The fraction of sp³-hybridized carbons (Fsp3) is 0.125. The van der Waals surface area contributed by atoms with Crippen molar-refractivity contribution in [1.29, 1.82) is 5.26 Å². The van der Waals surface area contributed by atoms with E-state index in [1.165, 1.54) is 24.8 Å². The highest BCUT2D eigenvalue weighted by atomic mass is 32.2. The molecule has 0 aliphatic rings. The van der Waals surface area contributed by atoms with Crippen molar-refractivity contribution in [2.45, 2.75) is 17.6 Å². The number of hydrogen-bond donors (Lipinski definition) is 0. The molecule has 0 aliphatic carbocycles. The SMILES string of the molecule is CC(=O)c1cccc(SCc2ccc(C#N)cc2F)c1. The molecule has 2 nitrogen and oxygen atoms in total. The second kappa shape index (κ2) is 6.36. The lowest BCUT2D eigenvalue weighted by atomic mass is 10.1. The number of thioether (sulfide) groups is 1. The van der Waals surface area contributed by atoms with Crippen molar-refractivity contribution in [3.63, 3.8) is 0 Å². The van der Waals surface area contributed by atoms with Crippen LogP contribution in [0.5, 0.6) is 0 Å². The number of hydrogen-bond acceptors (Lipinski definition) is 3. The molecule has 0 bridgehead atoms. The molecule has 2 aromatic carbocycles. The topological polar surface area (TPSA) is 40.9 Å². The Morgan fingerprint density at radius 3 is 2.75 bits per heavy atom. The summed E-state index contributed by atoms with van der Waals surface area (Å²) in [4.78, 5) is 12.2. The predicted octanol–water partition coefficient (Wildman–Crippen LogP) is 4.19. The Labute approximate surface area is 121 Å². The lowest BCUT2D eigenvalue weighted by Gasteiger charge is -2.05. The third-order valence-electron chi connectivity index (χ3n) is 2.82. The number of Topliss-reactive ketones (excluding diaryl/α,β-unsaturated/α-hetero) is 1. The maximum atomic E-state index is 13.7. The van der Waals surface area contributed by atoms with Crippen LogP contribution in [-0.2, 0) is 5.75 Å². The van der Waals surface area contributed by atoms with Gasteiger partial charge in [0, 0.05) is 16.2 Å². The summed E-state index contributed by atoms with van der Waals surface area (Å²) in [7, 11) is 0. The van der Waals surface area contributed by atoms with Crippen LogP contribution in [0.1, 0.15) is 28.4 Å². The first-order chi connectivity index (χ1) is 9.60. The lowest BCUT2D eigenvalue weighted by molar-refractivity contribution is 0.101. The van der Waals surface area contributed by atoms with Crippen LogP contribution in [0.4, 0.5) is 4.39 Å². The zero-order valence-electron chi connectivity index (χ0n) is 10.9. The number of nitrogens with zero attached hydrogens (tertiary/aromatic N) is 1. The summed E-state index contributed by atoms with van der Waals surface area (Å²) >= 11 is 1.46. The average molecular weight is 285 g/mol. The first kappa shape index (κ1) is 14.3. The molecule has 20 heavy (non-hydrogen) atoms. The predicted molar refractivity (Wildman–Crippen MR) is 77.1 cm³/mol. The van der Waals surface area contributed by atoms with E-state index >= 15 is 0 Å². The smallest absolute Gasteiger partial charge is 0.159 e. The molecule has 0 amide bonds. The quantitative estimate of drug-likeness (QED) is 0.624. The molecule has 0 N–H and O–H groups in total. The van der Waals surface area contributed by atoms with Crippen LogP contribution in [0, 0.1) is 17.1 Å². The first-order valence-corrected chi connectivity index (χ1v) is 7.01. The van der Waals surface area contributed by atoms with Crippen LogP contribution in [0.25, 0.3) is 0 Å². The molecule has 4 heteroatoms. The summed E-state index contributed by atoms with van der Waals surface area (Å²) in [6.07, 6.45) is 0. The third kappa shape index (κ3) is 3.46. The van der Waals surface area contributed by atoms with Gasteiger partial charge in [-0.15, -0.1) is 11.8 Å². The second-order valence-corrected chi connectivity index (χ2v) is 5.34. The number of nitriles is 1. The van der Waals surface area contributed by atoms with Crippen molar-refractivity contribution in [3.8, 4) is 6.07 Å². The van der Waals surface area contributed by atoms with E-state index in [4.69, 9.17) is 5.26 Å². The van der Waals surface area contributed by atoms with Crippen molar-refractivity contribution >= 4 is 17.5 Å². The molecular weight excluding hydrogens is 273 g/mol. The van der Waals surface area contributed by atoms with E-state index in [1.807, 2.05) is 18.2 Å². The summed E-state index contributed by atoms with van der Waals surface area (Å²) in [6, 6.07) is 13.6. The van der Waals surface area contributed by atoms with Gasteiger partial charge < -0.3 is 0 Å². The zero-order chi connectivity index (χ0) is 14.5. The molecule has 0 heterocycles. The van der Waals surface area contributed by atoms with Gasteiger partial charge in [-0.25, -0.2) is 4.39 Å². The number of carbonyl (C=O) groups is 1. The molecule has 0 atom stereocenters. The molecule has 0 radical (unpaired) electrons. The largest absolute Gasteiger partial charge is 0.295 e. The molecule has 0 spiro atoms. The first-order valence-electron chi connectivity index (χ1n) is 6.02. The monoisotopic (exact) mass is 285 g/mol. The van der Waals surface area contributed by atoms with Crippen LogP contribution in [0.3, 0.4) is 0 Å². The van der Waals surface area contributed by atoms with Crippen molar-refractivity contribution in [2.24, 2.45) is 0 Å². The molecule has 0 unspecified atom stereocenters. The molecule has 2 rings (SSSR count). The van der Waals surface area contributed by atoms with Crippen LogP contribution in [0.2, 0.25) is 0 Å². The Balaban J connectivity index is 2.11. The second-order valence-electron chi connectivity index (χ2n) is 4.29. The average Bonchev–Trinajstić information content (AvgIpc) is 2.46. The summed E-state index contributed by atoms with van der Waals surface area (Å²) in [5.41, 5.74) is 1.51. The van der Waals surface area contributed by atoms with Gasteiger partial charge in [0.25, 0.3) is 0 Å². The molecule has 0 aromatic heterocycles. The summed E-state index contributed by atoms with van der Waals surface area (Å²) < 4.78 is 13.7. The number of rotatable bonds is 4. The number of ketones is 1. The van der Waals surface area contributed by atoms with Crippen molar-refractivity contribution in [1.82, 2.24) is 0 Å². The van der Waals surface area contributed by atoms with Gasteiger partial charge in [0.05, 0.1) is 11.6 Å². The molecular formula is C16H12FNOS. The highest BCUT2D eigenvalue weighted by molar-refractivity contribution is 7.98. The van der Waals surface area contributed by atoms with Gasteiger partial charge in [-0.2, -0.15) is 5.26 Å². The maximum Gasteiger partial charge on any atom is 0.159 e. The third-order valence-corrected chi connectivity index (χ3v) is 3.86. The minimum Gasteiger partial charge on any atom is -0.295 e. The van der Waals surface area contributed by atoms with Gasteiger partial charge in [0.1, 0.15) is 5.82 Å².